The normalized spacial score (nSPS) is 14.9. The number of halogens is 3. The average Bonchev–Trinajstić information content (AvgIpc) is 3.89. The van der Waals surface area contributed by atoms with E-state index in [0.717, 1.165) is 62.9 Å². The third-order valence-electron chi connectivity index (χ3n) is 8.44. The van der Waals surface area contributed by atoms with Gasteiger partial charge < -0.3 is 24.3 Å². The van der Waals surface area contributed by atoms with Crippen LogP contribution in [0.4, 0.5) is 10.1 Å². The lowest BCUT2D eigenvalue weighted by molar-refractivity contribution is 0.0357. The number of benzene rings is 3. The first-order valence-electron chi connectivity index (χ1n) is 16.1. The van der Waals surface area contributed by atoms with E-state index >= 15 is 4.39 Å². The van der Waals surface area contributed by atoms with E-state index in [1.165, 1.54) is 22.8 Å². The number of aromatic nitrogens is 4. The lowest BCUT2D eigenvalue weighted by atomic mass is 10.1. The van der Waals surface area contributed by atoms with E-state index in [2.05, 4.69) is 20.3 Å². The Hall–Kier alpha value is -4.69. The van der Waals surface area contributed by atoms with E-state index in [1.807, 2.05) is 0 Å². The Kier molecular flexibility index (Phi) is 9.90. The molecule has 260 valence electrons. The number of rotatable bonds is 12. The van der Waals surface area contributed by atoms with Crippen molar-refractivity contribution in [3.8, 4) is 28.7 Å². The summed E-state index contributed by atoms with van der Waals surface area (Å²) in [5.41, 5.74) is 0.495. The highest BCUT2D eigenvalue weighted by molar-refractivity contribution is 6.35. The first kappa shape index (κ1) is 33.8. The molecule has 0 atom stereocenters. The van der Waals surface area contributed by atoms with Crippen LogP contribution < -0.4 is 25.2 Å². The molecule has 2 aliphatic rings. The van der Waals surface area contributed by atoms with E-state index in [0.29, 0.717) is 39.8 Å². The third kappa shape index (κ3) is 7.26. The van der Waals surface area contributed by atoms with Crippen LogP contribution in [0.25, 0.3) is 16.6 Å². The fraction of sp³-hybridized carbons (Fsp3) is 0.314. The molecule has 5 aromatic rings. The maximum Gasteiger partial charge on any atom is 0.351 e. The SMILES string of the molecule is COc1cc2c(Oc3ccc(NC(=O)c4nn(-c5ccc(Cl)cc5Cl)c(=O)n4C4CC4)cc3F)ccnc2cc1OCCCN1CCOCC1. The predicted octanol–water partition coefficient (Wildman–Crippen LogP) is 6.52. The monoisotopic (exact) mass is 722 g/mol. The lowest BCUT2D eigenvalue weighted by Crippen LogP contribution is -2.37. The van der Waals surface area contributed by atoms with Gasteiger partial charge in [0.2, 0.25) is 5.82 Å². The molecule has 1 N–H and O–H groups in total. The molecule has 0 bridgehead atoms. The number of hydrogen-bond acceptors (Lipinski definition) is 9. The van der Waals surface area contributed by atoms with Gasteiger partial charge in [-0.1, -0.05) is 23.2 Å². The van der Waals surface area contributed by atoms with Crippen LogP contribution in [0.1, 0.15) is 35.9 Å². The van der Waals surface area contributed by atoms with E-state index in [1.54, 1.807) is 43.6 Å². The van der Waals surface area contributed by atoms with E-state index < -0.39 is 17.4 Å². The largest absolute Gasteiger partial charge is 0.493 e. The van der Waals surface area contributed by atoms with Crippen LogP contribution in [0.2, 0.25) is 10.0 Å². The van der Waals surface area contributed by atoms with Gasteiger partial charge in [0.25, 0.3) is 5.91 Å². The Balaban J connectivity index is 1.06. The Morgan fingerprint density at radius 2 is 1.84 bits per heavy atom. The van der Waals surface area contributed by atoms with Gasteiger partial charge in [-0.25, -0.2) is 9.18 Å². The average molecular weight is 724 g/mol. The number of fused-ring (bicyclic) bond motifs is 1. The van der Waals surface area contributed by atoms with Gasteiger partial charge in [0.1, 0.15) is 5.75 Å². The van der Waals surface area contributed by atoms with Gasteiger partial charge >= 0.3 is 5.69 Å². The van der Waals surface area contributed by atoms with Crippen LogP contribution in [0.15, 0.2) is 65.6 Å². The summed E-state index contributed by atoms with van der Waals surface area (Å²) in [6, 6.07) is 13.6. The number of pyridine rings is 1. The number of anilines is 1. The molecule has 1 amide bonds. The second kappa shape index (κ2) is 14.7. The smallest absolute Gasteiger partial charge is 0.351 e. The van der Waals surface area contributed by atoms with Crippen LogP contribution in [0.5, 0.6) is 23.0 Å². The van der Waals surface area contributed by atoms with Crippen molar-refractivity contribution in [1.29, 1.82) is 0 Å². The highest BCUT2D eigenvalue weighted by atomic mass is 35.5. The molecule has 1 saturated heterocycles. The van der Waals surface area contributed by atoms with Crippen molar-refractivity contribution in [3.63, 3.8) is 0 Å². The summed E-state index contributed by atoms with van der Waals surface area (Å²) in [6.07, 6.45) is 3.85. The number of nitrogens with zero attached hydrogens (tertiary/aromatic N) is 5. The Morgan fingerprint density at radius 1 is 1.02 bits per heavy atom. The predicted molar refractivity (Wildman–Crippen MR) is 186 cm³/mol. The first-order valence-corrected chi connectivity index (χ1v) is 16.9. The second-order valence-corrected chi connectivity index (χ2v) is 12.7. The summed E-state index contributed by atoms with van der Waals surface area (Å²) in [5.74, 6) is -0.217. The summed E-state index contributed by atoms with van der Waals surface area (Å²) in [4.78, 5) is 33.5. The molecule has 15 heteroatoms. The Morgan fingerprint density at radius 3 is 2.58 bits per heavy atom. The highest BCUT2D eigenvalue weighted by Crippen LogP contribution is 2.38. The minimum Gasteiger partial charge on any atom is -0.493 e. The standard InChI is InChI=1S/C35H33Cl2FN6O6/c1-47-31-19-24-27(20-32(31)49-14-2-11-42-12-15-48-16-13-42)39-10-9-29(24)50-30-8-4-22(18-26(30)38)40-34(45)33-41-44(35(46)43(33)23-5-6-23)28-7-3-21(36)17-25(28)37/h3-4,7-10,17-20,23H,2,5-6,11-16H2,1H3,(H,40,45). The number of carbonyl (C=O) groups is 1. The molecular weight excluding hydrogens is 690 g/mol. The summed E-state index contributed by atoms with van der Waals surface area (Å²) >= 11 is 12.3. The number of methoxy groups -OCH3 is 1. The highest BCUT2D eigenvalue weighted by Gasteiger charge is 2.33. The number of amides is 1. The van der Waals surface area contributed by atoms with Crippen LogP contribution >= 0.6 is 23.2 Å². The number of nitrogens with one attached hydrogen (secondary N) is 1. The quantitative estimate of drug-likeness (QED) is 0.144. The molecule has 1 aliphatic heterocycles. The number of carbonyl (C=O) groups excluding carboxylic acids is 1. The summed E-state index contributed by atoms with van der Waals surface area (Å²) in [5, 5.41) is 8.13. The molecule has 0 spiro atoms. The molecule has 7 rings (SSSR count). The van der Waals surface area contributed by atoms with Gasteiger partial charge in [0.05, 0.1) is 43.2 Å². The zero-order valence-corrected chi connectivity index (χ0v) is 28.5. The fourth-order valence-corrected chi connectivity index (χ4v) is 6.25. The van der Waals surface area contributed by atoms with Crippen LogP contribution in [0, 0.1) is 5.82 Å². The summed E-state index contributed by atoms with van der Waals surface area (Å²) in [6.45, 7) is 4.75. The van der Waals surface area contributed by atoms with Crippen molar-refractivity contribution in [2.75, 3.05) is 51.9 Å². The Bertz CT molecular complexity index is 2110. The molecular formula is C35H33Cl2FN6O6. The minimum atomic E-state index is -0.724. The van der Waals surface area contributed by atoms with Crippen molar-refractivity contribution < 1.29 is 28.1 Å². The zero-order chi connectivity index (χ0) is 34.8. The lowest BCUT2D eigenvalue weighted by Gasteiger charge is -2.26. The van der Waals surface area contributed by atoms with Gasteiger partial charge in [0, 0.05) is 60.1 Å². The van der Waals surface area contributed by atoms with Crippen molar-refractivity contribution in [2.24, 2.45) is 0 Å². The molecule has 0 radical (unpaired) electrons. The van der Waals surface area contributed by atoms with Gasteiger partial charge in [-0.05, 0) is 61.7 Å². The first-order chi connectivity index (χ1) is 24.3. The fourth-order valence-electron chi connectivity index (χ4n) is 5.76. The van der Waals surface area contributed by atoms with Crippen LogP contribution in [0.3, 0.4) is 0 Å². The molecule has 3 heterocycles. The van der Waals surface area contributed by atoms with Crippen molar-refractivity contribution in [1.82, 2.24) is 24.2 Å². The van der Waals surface area contributed by atoms with E-state index in [9.17, 15) is 9.59 Å². The topological polar surface area (TPSA) is 122 Å². The van der Waals surface area contributed by atoms with E-state index in [-0.39, 0.29) is 34.0 Å². The summed E-state index contributed by atoms with van der Waals surface area (Å²) < 4.78 is 40.9. The molecule has 1 aliphatic carbocycles. The molecule has 2 aromatic heterocycles. The van der Waals surface area contributed by atoms with Crippen molar-refractivity contribution >= 4 is 45.7 Å². The molecule has 50 heavy (non-hydrogen) atoms. The van der Waals surface area contributed by atoms with Gasteiger partial charge in [-0.3, -0.25) is 19.2 Å². The number of morpholine rings is 1. The second-order valence-electron chi connectivity index (χ2n) is 11.9. The van der Waals surface area contributed by atoms with Gasteiger partial charge in [-0.15, -0.1) is 5.10 Å². The summed E-state index contributed by atoms with van der Waals surface area (Å²) in [7, 11) is 1.55. The van der Waals surface area contributed by atoms with E-state index in [4.69, 9.17) is 42.1 Å². The van der Waals surface area contributed by atoms with Crippen LogP contribution in [-0.2, 0) is 4.74 Å². The van der Waals surface area contributed by atoms with Crippen molar-refractivity contribution in [3.05, 3.63) is 93.0 Å². The molecule has 2 fully saturated rings. The molecule has 12 nitrogen and oxygen atoms in total. The third-order valence-corrected chi connectivity index (χ3v) is 8.98. The maximum absolute atomic E-state index is 15.4. The molecule has 1 saturated carbocycles. The Labute approximate surface area is 296 Å². The van der Waals surface area contributed by atoms with Crippen molar-refractivity contribution in [2.45, 2.75) is 25.3 Å². The number of ether oxygens (including phenoxy) is 4. The molecule has 3 aromatic carbocycles. The zero-order valence-electron chi connectivity index (χ0n) is 27.0. The minimum absolute atomic E-state index is 0.0746. The number of hydrogen-bond donors (Lipinski definition) is 1. The molecule has 0 unspecified atom stereocenters. The maximum atomic E-state index is 15.4. The van der Waals surface area contributed by atoms with Crippen LogP contribution in [-0.4, -0.2) is 76.7 Å². The van der Waals surface area contributed by atoms with Gasteiger partial charge in [0.15, 0.2) is 23.1 Å². The van der Waals surface area contributed by atoms with Gasteiger partial charge in [-0.2, -0.15) is 4.68 Å².